The Labute approximate surface area is 104 Å². The standard InChI is InChI=1S/C12H15NO5/c1-17-5-4-13-6-12-3-2-7(18-12)8(11(15)16)9(12)10(13)14/h2-3,7-9H,4-6H2,1H3,(H,15,16)/p-1/t7-,8+,9-,12+/m1/s1. The molecular weight excluding hydrogens is 238 g/mol. The second-order valence-corrected chi connectivity index (χ2v) is 4.97. The van der Waals surface area contributed by atoms with Crippen molar-refractivity contribution in [2.75, 3.05) is 26.8 Å². The highest BCUT2D eigenvalue weighted by molar-refractivity contribution is 5.90. The minimum atomic E-state index is -1.21. The Bertz CT molecular complexity index is 434. The van der Waals surface area contributed by atoms with Gasteiger partial charge in [0.1, 0.15) is 5.60 Å². The van der Waals surface area contributed by atoms with E-state index >= 15 is 0 Å². The molecule has 0 N–H and O–H groups in total. The van der Waals surface area contributed by atoms with Crippen molar-refractivity contribution in [2.45, 2.75) is 11.7 Å². The smallest absolute Gasteiger partial charge is 0.229 e. The molecule has 1 amide bonds. The summed E-state index contributed by atoms with van der Waals surface area (Å²) < 4.78 is 10.6. The van der Waals surface area contributed by atoms with Crippen LogP contribution in [0.15, 0.2) is 12.2 Å². The quantitative estimate of drug-likeness (QED) is 0.550. The minimum Gasteiger partial charge on any atom is -0.550 e. The summed E-state index contributed by atoms with van der Waals surface area (Å²) in [5.41, 5.74) is -0.764. The van der Waals surface area contributed by atoms with Gasteiger partial charge in [-0.3, -0.25) is 4.79 Å². The fourth-order valence-corrected chi connectivity index (χ4v) is 3.24. The van der Waals surface area contributed by atoms with Crippen molar-refractivity contribution in [1.82, 2.24) is 4.90 Å². The number of hydrogen-bond acceptors (Lipinski definition) is 5. The summed E-state index contributed by atoms with van der Waals surface area (Å²) in [6.07, 6.45) is 3.03. The maximum Gasteiger partial charge on any atom is 0.229 e. The van der Waals surface area contributed by atoms with Gasteiger partial charge in [0.05, 0.1) is 25.2 Å². The maximum absolute atomic E-state index is 12.3. The van der Waals surface area contributed by atoms with Crippen LogP contribution in [0.4, 0.5) is 0 Å². The van der Waals surface area contributed by atoms with Crippen molar-refractivity contribution in [3.05, 3.63) is 12.2 Å². The van der Waals surface area contributed by atoms with E-state index in [1.807, 2.05) is 6.08 Å². The van der Waals surface area contributed by atoms with E-state index in [-0.39, 0.29) is 5.91 Å². The van der Waals surface area contributed by atoms with Crippen molar-refractivity contribution >= 4 is 11.9 Å². The molecule has 0 aliphatic carbocycles. The van der Waals surface area contributed by atoms with Crippen LogP contribution in [-0.2, 0) is 19.1 Å². The normalized spacial score (nSPS) is 40.6. The Hall–Kier alpha value is -1.40. The lowest BCUT2D eigenvalue weighted by molar-refractivity contribution is -0.313. The zero-order valence-electron chi connectivity index (χ0n) is 10.00. The van der Waals surface area contributed by atoms with Gasteiger partial charge in [-0.1, -0.05) is 12.2 Å². The zero-order valence-corrected chi connectivity index (χ0v) is 10.00. The third-order valence-electron chi connectivity index (χ3n) is 4.02. The number of rotatable bonds is 4. The molecule has 0 saturated carbocycles. The summed E-state index contributed by atoms with van der Waals surface area (Å²) in [7, 11) is 1.56. The van der Waals surface area contributed by atoms with Crippen LogP contribution in [-0.4, -0.2) is 55.3 Å². The van der Waals surface area contributed by atoms with Crippen molar-refractivity contribution in [3.63, 3.8) is 0 Å². The number of carboxylic acid groups (broad SMARTS) is 1. The first-order chi connectivity index (χ1) is 8.59. The van der Waals surface area contributed by atoms with Crippen LogP contribution in [0, 0.1) is 11.8 Å². The van der Waals surface area contributed by atoms with Crippen LogP contribution in [0.25, 0.3) is 0 Å². The highest BCUT2D eigenvalue weighted by Crippen LogP contribution is 2.51. The SMILES string of the molecule is COCCN1C[C@]23C=C[C@@H](O2)[C@H](C(=O)[O-])[C@@H]3C1=O. The number of ether oxygens (including phenoxy) is 2. The predicted octanol–water partition coefficient (Wildman–Crippen LogP) is -1.84. The van der Waals surface area contributed by atoms with Gasteiger partial charge in [-0.05, 0) is 0 Å². The fourth-order valence-electron chi connectivity index (χ4n) is 3.24. The number of likely N-dealkylation sites (tertiary alicyclic amines) is 1. The average Bonchev–Trinajstić information content (AvgIpc) is 2.95. The van der Waals surface area contributed by atoms with E-state index < -0.39 is 29.5 Å². The van der Waals surface area contributed by atoms with Gasteiger partial charge in [-0.2, -0.15) is 0 Å². The number of aliphatic carboxylic acids is 1. The molecule has 2 bridgehead atoms. The Morgan fingerprint density at radius 1 is 1.72 bits per heavy atom. The molecule has 0 radical (unpaired) electrons. The van der Waals surface area contributed by atoms with Gasteiger partial charge in [-0.25, -0.2) is 0 Å². The van der Waals surface area contributed by atoms with E-state index in [4.69, 9.17) is 9.47 Å². The fraction of sp³-hybridized carbons (Fsp3) is 0.667. The molecule has 6 nitrogen and oxygen atoms in total. The Balaban J connectivity index is 1.87. The molecule has 3 rings (SSSR count). The molecule has 2 saturated heterocycles. The molecule has 3 aliphatic rings. The maximum atomic E-state index is 12.3. The van der Waals surface area contributed by atoms with Gasteiger partial charge in [0, 0.05) is 25.5 Å². The van der Waals surface area contributed by atoms with Gasteiger partial charge in [0.15, 0.2) is 0 Å². The molecule has 0 aromatic heterocycles. The lowest BCUT2D eigenvalue weighted by Crippen LogP contribution is -2.45. The van der Waals surface area contributed by atoms with Crippen LogP contribution in [0.5, 0.6) is 0 Å². The number of carboxylic acids is 1. The van der Waals surface area contributed by atoms with Gasteiger partial charge in [0.25, 0.3) is 0 Å². The van der Waals surface area contributed by atoms with Gasteiger partial charge >= 0.3 is 0 Å². The molecule has 0 aromatic carbocycles. The first-order valence-corrected chi connectivity index (χ1v) is 5.95. The summed E-state index contributed by atoms with van der Waals surface area (Å²) in [4.78, 5) is 25.0. The molecule has 3 heterocycles. The summed E-state index contributed by atoms with van der Waals surface area (Å²) in [5.74, 6) is -2.89. The first-order valence-electron chi connectivity index (χ1n) is 5.95. The number of carbonyl (C=O) groups is 2. The number of carbonyl (C=O) groups excluding carboxylic acids is 2. The highest BCUT2D eigenvalue weighted by atomic mass is 16.5. The second kappa shape index (κ2) is 3.80. The minimum absolute atomic E-state index is 0.173. The molecule has 6 heteroatoms. The van der Waals surface area contributed by atoms with E-state index in [9.17, 15) is 14.7 Å². The molecule has 4 atom stereocenters. The number of methoxy groups -OCH3 is 1. The number of nitrogens with zero attached hydrogens (tertiary/aromatic N) is 1. The second-order valence-electron chi connectivity index (χ2n) is 4.97. The Morgan fingerprint density at radius 3 is 3.17 bits per heavy atom. The van der Waals surface area contributed by atoms with Crippen LogP contribution < -0.4 is 5.11 Å². The average molecular weight is 252 g/mol. The number of amides is 1. The van der Waals surface area contributed by atoms with E-state index in [0.717, 1.165) is 0 Å². The first kappa shape index (κ1) is 11.7. The van der Waals surface area contributed by atoms with E-state index in [1.165, 1.54) is 0 Å². The highest BCUT2D eigenvalue weighted by Gasteiger charge is 2.65. The molecule has 0 unspecified atom stereocenters. The zero-order chi connectivity index (χ0) is 12.9. The van der Waals surface area contributed by atoms with Crippen molar-refractivity contribution in [2.24, 2.45) is 11.8 Å². The lowest BCUT2D eigenvalue weighted by atomic mass is 9.77. The molecular formula is C12H14NO5-. The van der Waals surface area contributed by atoms with Crippen molar-refractivity contribution in [3.8, 4) is 0 Å². The third kappa shape index (κ3) is 1.36. The molecule has 18 heavy (non-hydrogen) atoms. The summed E-state index contributed by atoms with van der Waals surface area (Å²) in [5, 5.41) is 11.2. The van der Waals surface area contributed by atoms with Crippen LogP contribution in [0.1, 0.15) is 0 Å². The summed E-state index contributed by atoms with van der Waals surface area (Å²) >= 11 is 0. The third-order valence-corrected chi connectivity index (χ3v) is 4.02. The van der Waals surface area contributed by atoms with Gasteiger partial charge < -0.3 is 24.3 Å². The molecule has 2 fully saturated rings. The van der Waals surface area contributed by atoms with Crippen LogP contribution in [0.2, 0.25) is 0 Å². The van der Waals surface area contributed by atoms with Crippen LogP contribution >= 0.6 is 0 Å². The van der Waals surface area contributed by atoms with E-state index in [1.54, 1.807) is 18.1 Å². The molecule has 1 spiro atoms. The number of fused-ring (bicyclic) bond motifs is 1. The summed E-state index contributed by atoms with van der Waals surface area (Å²) in [6, 6.07) is 0. The van der Waals surface area contributed by atoms with Crippen LogP contribution in [0.3, 0.4) is 0 Å². The monoisotopic (exact) mass is 252 g/mol. The van der Waals surface area contributed by atoms with Gasteiger partial charge in [-0.15, -0.1) is 0 Å². The predicted molar refractivity (Wildman–Crippen MR) is 57.2 cm³/mol. The van der Waals surface area contributed by atoms with Crippen molar-refractivity contribution in [1.29, 1.82) is 0 Å². The van der Waals surface area contributed by atoms with Gasteiger partial charge in [0.2, 0.25) is 5.91 Å². The topological polar surface area (TPSA) is 78.9 Å². The molecule has 98 valence electrons. The van der Waals surface area contributed by atoms with Crippen molar-refractivity contribution < 1.29 is 24.2 Å². The Kier molecular flexibility index (Phi) is 2.46. The van der Waals surface area contributed by atoms with E-state index in [2.05, 4.69) is 0 Å². The van der Waals surface area contributed by atoms with E-state index in [0.29, 0.717) is 19.7 Å². The molecule has 0 aromatic rings. The Morgan fingerprint density at radius 2 is 2.50 bits per heavy atom. The largest absolute Gasteiger partial charge is 0.550 e. The summed E-state index contributed by atoms with van der Waals surface area (Å²) in [6.45, 7) is 1.28. The molecule has 3 aliphatic heterocycles. The lowest BCUT2D eigenvalue weighted by Gasteiger charge is -2.24. The number of hydrogen-bond donors (Lipinski definition) is 0.